The molecule has 1 saturated heterocycles. The maximum absolute atomic E-state index is 13.2. The molecule has 0 unspecified atom stereocenters. The van der Waals surface area contributed by atoms with E-state index in [1.807, 2.05) is 54.6 Å². The second-order valence-corrected chi connectivity index (χ2v) is 7.74. The lowest BCUT2D eigenvalue weighted by Crippen LogP contribution is -2.43. The first-order valence-corrected chi connectivity index (χ1v) is 10.5. The minimum Gasteiger partial charge on any atom is -0.324 e. The number of likely N-dealkylation sites (tertiary alicyclic amines) is 1. The third-order valence-corrected chi connectivity index (χ3v) is 5.57. The topological polar surface area (TPSA) is 83.8 Å². The normalized spacial score (nSPS) is 13.2. The average Bonchev–Trinajstić information content (AvgIpc) is 3.23. The number of carbonyl (C=O) groups is 2. The van der Waals surface area contributed by atoms with E-state index < -0.39 is 4.92 Å². The smallest absolute Gasteiger partial charge is 0.269 e. The Hall–Kier alpha value is -4.00. The number of carbonyl (C=O) groups excluding carboxylic acids is 2. The summed E-state index contributed by atoms with van der Waals surface area (Å²) in [5, 5.41) is 11.0. The van der Waals surface area contributed by atoms with E-state index in [0.29, 0.717) is 18.7 Å². The van der Waals surface area contributed by atoms with Crippen molar-refractivity contribution < 1.29 is 14.5 Å². The van der Waals surface area contributed by atoms with Crippen molar-refractivity contribution in [3.8, 4) is 11.1 Å². The first-order valence-electron chi connectivity index (χ1n) is 10.5. The van der Waals surface area contributed by atoms with Crippen LogP contribution in [-0.2, 0) is 16.0 Å². The Morgan fingerprint density at radius 1 is 0.938 bits per heavy atom. The minimum absolute atomic E-state index is 0.0110. The highest BCUT2D eigenvalue weighted by Gasteiger charge is 2.26. The molecule has 1 heterocycles. The number of nitro groups is 1. The van der Waals surface area contributed by atoms with Gasteiger partial charge in [-0.1, -0.05) is 54.6 Å². The zero-order valence-electron chi connectivity index (χ0n) is 17.5. The third kappa shape index (κ3) is 4.83. The fraction of sp³-hybridized carbons (Fsp3) is 0.200. The van der Waals surface area contributed by atoms with Crippen molar-refractivity contribution in [2.24, 2.45) is 0 Å². The summed E-state index contributed by atoms with van der Waals surface area (Å²) in [5.74, 6) is -0.164. The molecule has 1 fully saturated rings. The number of nitro benzene ring substituents is 1. The highest BCUT2D eigenvalue weighted by Crippen LogP contribution is 2.23. The van der Waals surface area contributed by atoms with Crippen molar-refractivity contribution in [2.75, 3.05) is 18.1 Å². The van der Waals surface area contributed by atoms with E-state index in [2.05, 4.69) is 0 Å². The van der Waals surface area contributed by atoms with Gasteiger partial charge in [0.2, 0.25) is 11.8 Å². The summed E-state index contributed by atoms with van der Waals surface area (Å²) in [6.45, 7) is 0.735. The number of anilines is 1. The molecular formula is C25H23N3O4. The predicted molar refractivity (Wildman–Crippen MR) is 122 cm³/mol. The van der Waals surface area contributed by atoms with Crippen molar-refractivity contribution in [1.82, 2.24) is 4.90 Å². The highest BCUT2D eigenvalue weighted by molar-refractivity contribution is 5.95. The van der Waals surface area contributed by atoms with Gasteiger partial charge in [0.15, 0.2) is 0 Å². The summed E-state index contributed by atoms with van der Waals surface area (Å²) in [6.07, 6.45) is 1.40. The standard InChI is InChI=1S/C25H23N3O4/c29-24-7-4-16-26(24)18-27(22-12-14-23(15-13-22)28(31)32)25(30)17-19-8-10-21(11-9-19)20-5-2-1-3-6-20/h1-3,5-6,8-15H,4,7,16-18H2. The first kappa shape index (κ1) is 21.2. The van der Waals surface area contributed by atoms with Crippen LogP contribution in [0.15, 0.2) is 78.9 Å². The fourth-order valence-electron chi connectivity index (χ4n) is 3.80. The average molecular weight is 429 g/mol. The lowest BCUT2D eigenvalue weighted by molar-refractivity contribution is -0.384. The summed E-state index contributed by atoms with van der Waals surface area (Å²) >= 11 is 0. The maximum atomic E-state index is 13.2. The van der Waals surface area contributed by atoms with Gasteiger partial charge < -0.3 is 4.90 Å². The largest absolute Gasteiger partial charge is 0.324 e. The van der Waals surface area contributed by atoms with Gasteiger partial charge in [-0.25, -0.2) is 0 Å². The van der Waals surface area contributed by atoms with Gasteiger partial charge in [-0.15, -0.1) is 0 Å². The van der Waals surface area contributed by atoms with E-state index in [-0.39, 0.29) is 30.6 Å². The monoisotopic (exact) mass is 429 g/mol. The zero-order chi connectivity index (χ0) is 22.5. The predicted octanol–water partition coefficient (Wildman–Crippen LogP) is 4.42. The van der Waals surface area contributed by atoms with E-state index in [0.717, 1.165) is 23.1 Å². The molecule has 0 aliphatic carbocycles. The molecule has 3 aromatic carbocycles. The summed E-state index contributed by atoms with van der Waals surface area (Å²) in [7, 11) is 0. The van der Waals surface area contributed by atoms with Crippen LogP contribution in [0.1, 0.15) is 18.4 Å². The fourth-order valence-corrected chi connectivity index (χ4v) is 3.80. The molecule has 0 spiro atoms. The molecule has 32 heavy (non-hydrogen) atoms. The van der Waals surface area contributed by atoms with Crippen LogP contribution in [0.4, 0.5) is 11.4 Å². The Morgan fingerprint density at radius 2 is 1.59 bits per heavy atom. The molecule has 0 radical (unpaired) electrons. The van der Waals surface area contributed by atoms with Crippen LogP contribution in [0.5, 0.6) is 0 Å². The van der Waals surface area contributed by atoms with Crippen LogP contribution >= 0.6 is 0 Å². The third-order valence-electron chi connectivity index (χ3n) is 5.57. The molecule has 7 nitrogen and oxygen atoms in total. The lowest BCUT2D eigenvalue weighted by atomic mass is 10.0. The summed E-state index contributed by atoms with van der Waals surface area (Å²) in [4.78, 5) is 39.1. The Labute approximate surface area is 186 Å². The Kier molecular flexibility index (Phi) is 6.26. The molecular weight excluding hydrogens is 406 g/mol. The molecule has 162 valence electrons. The van der Waals surface area contributed by atoms with Gasteiger partial charge in [-0.3, -0.25) is 24.6 Å². The maximum Gasteiger partial charge on any atom is 0.269 e. The van der Waals surface area contributed by atoms with Gasteiger partial charge in [0.1, 0.15) is 6.67 Å². The molecule has 4 rings (SSSR count). The first-order chi connectivity index (χ1) is 15.5. The molecule has 0 bridgehead atoms. The van der Waals surface area contributed by atoms with Crippen LogP contribution in [0.2, 0.25) is 0 Å². The number of amides is 2. The minimum atomic E-state index is -0.478. The molecule has 0 saturated carbocycles. The number of benzene rings is 3. The molecule has 7 heteroatoms. The van der Waals surface area contributed by atoms with Crippen LogP contribution < -0.4 is 4.90 Å². The summed E-state index contributed by atoms with van der Waals surface area (Å²) in [5.41, 5.74) is 3.51. The highest BCUT2D eigenvalue weighted by atomic mass is 16.6. The van der Waals surface area contributed by atoms with Crippen LogP contribution in [0, 0.1) is 10.1 Å². The lowest BCUT2D eigenvalue weighted by Gasteiger charge is -2.28. The molecule has 1 aliphatic rings. The second kappa shape index (κ2) is 9.43. The van der Waals surface area contributed by atoms with Crippen molar-refractivity contribution >= 4 is 23.2 Å². The zero-order valence-corrected chi connectivity index (χ0v) is 17.5. The van der Waals surface area contributed by atoms with Crippen molar-refractivity contribution in [2.45, 2.75) is 19.3 Å². The quantitative estimate of drug-likeness (QED) is 0.411. The number of hydrogen-bond donors (Lipinski definition) is 0. The van der Waals surface area contributed by atoms with Crippen molar-refractivity contribution in [3.63, 3.8) is 0 Å². The van der Waals surface area contributed by atoms with Gasteiger partial charge in [0, 0.05) is 30.8 Å². The number of hydrogen-bond acceptors (Lipinski definition) is 4. The van der Waals surface area contributed by atoms with E-state index in [9.17, 15) is 19.7 Å². The van der Waals surface area contributed by atoms with Crippen molar-refractivity contribution in [3.05, 3.63) is 94.5 Å². The summed E-state index contributed by atoms with van der Waals surface area (Å²) in [6, 6.07) is 23.7. The molecule has 3 aromatic rings. The van der Waals surface area contributed by atoms with Crippen LogP contribution in [0.3, 0.4) is 0 Å². The molecule has 0 aromatic heterocycles. The van der Waals surface area contributed by atoms with Gasteiger partial charge in [0.25, 0.3) is 5.69 Å². The van der Waals surface area contributed by atoms with E-state index in [4.69, 9.17) is 0 Å². The molecule has 0 N–H and O–H groups in total. The van der Waals surface area contributed by atoms with E-state index in [1.165, 1.54) is 17.0 Å². The SMILES string of the molecule is O=C1CCCN1CN(C(=O)Cc1ccc(-c2ccccc2)cc1)c1ccc([N+](=O)[O-])cc1. The van der Waals surface area contributed by atoms with E-state index in [1.54, 1.807) is 17.0 Å². The number of nitrogens with zero attached hydrogens (tertiary/aromatic N) is 3. The van der Waals surface area contributed by atoms with Gasteiger partial charge in [0.05, 0.1) is 11.3 Å². The molecule has 0 atom stereocenters. The summed E-state index contributed by atoms with van der Waals surface area (Å²) < 4.78 is 0. The Bertz CT molecular complexity index is 1110. The number of non-ortho nitro benzene ring substituents is 1. The van der Waals surface area contributed by atoms with Crippen LogP contribution in [-0.4, -0.2) is 34.9 Å². The number of rotatable bonds is 7. The Morgan fingerprint density at radius 3 is 2.19 bits per heavy atom. The van der Waals surface area contributed by atoms with E-state index >= 15 is 0 Å². The van der Waals surface area contributed by atoms with Crippen LogP contribution in [0.25, 0.3) is 11.1 Å². The molecule has 1 aliphatic heterocycles. The van der Waals surface area contributed by atoms with Gasteiger partial charge in [-0.05, 0) is 35.2 Å². The molecule has 2 amide bonds. The van der Waals surface area contributed by atoms with Gasteiger partial charge >= 0.3 is 0 Å². The Balaban J connectivity index is 1.54. The van der Waals surface area contributed by atoms with Crippen molar-refractivity contribution in [1.29, 1.82) is 0 Å². The second-order valence-electron chi connectivity index (χ2n) is 7.74. The van der Waals surface area contributed by atoms with Gasteiger partial charge in [-0.2, -0.15) is 0 Å².